The SMILES string of the molecule is CN(C)c1ccc(C=NC2=NNC(=O)C(CC(=O)O)S2)cc1. The first-order valence-electron chi connectivity index (χ1n) is 6.53. The van der Waals surface area contributed by atoms with Crippen LogP contribution in [-0.4, -0.2) is 47.7 Å². The van der Waals surface area contributed by atoms with Gasteiger partial charge in [0.1, 0.15) is 5.25 Å². The Balaban J connectivity index is 2.03. The first kappa shape index (κ1) is 16.0. The van der Waals surface area contributed by atoms with Gasteiger partial charge in [-0.1, -0.05) is 23.9 Å². The van der Waals surface area contributed by atoms with Gasteiger partial charge in [-0.15, -0.1) is 5.10 Å². The van der Waals surface area contributed by atoms with Crippen LogP contribution in [0.2, 0.25) is 0 Å². The van der Waals surface area contributed by atoms with E-state index in [1.165, 1.54) is 0 Å². The molecule has 2 N–H and O–H groups in total. The van der Waals surface area contributed by atoms with Gasteiger partial charge >= 0.3 is 5.97 Å². The van der Waals surface area contributed by atoms with Crippen LogP contribution in [0, 0.1) is 0 Å². The number of aliphatic carboxylic acids is 1. The minimum absolute atomic E-state index is 0.261. The van der Waals surface area contributed by atoms with Crippen LogP contribution in [-0.2, 0) is 9.59 Å². The van der Waals surface area contributed by atoms with Crippen molar-refractivity contribution in [2.75, 3.05) is 19.0 Å². The van der Waals surface area contributed by atoms with E-state index < -0.39 is 17.1 Å². The van der Waals surface area contributed by atoms with Crippen LogP contribution in [0.25, 0.3) is 0 Å². The summed E-state index contributed by atoms with van der Waals surface area (Å²) in [6.45, 7) is 0. The van der Waals surface area contributed by atoms with Crippen molar-refractivity contribution in [3.63, 3.8) is 0 Å². The van der Waals surface area contributed by atoms with Crippen molar-refractivity contribution in [3.05, 3.63) is 29.8 Å². The molecule has 1 atom stereocenters. The second-order valence-corrected chi connectivity index (χ2v) is 5.99. The van der Waals surface area contributed by atoms with Crippen LogP contribution in [0.5, 0.6) is 0 Å². The van der Waals surface area contributed by atoms with Gasteiger partial charge in [0.05, 0.1) is 6.42 Å². The van der Waals surface area contributed by atoms with Gasteiger partial charge < -0.3 is 10.0 Å². The molecule has 0 bridgehead atoms. The minimum Gasteiger partial charge on any atom is -0.481 e. The van der Waals surface area contributed by atoms with Crippen LogP contribution < -0.4 is 10.3 Å². The highest BCUT2D eigenvalue weighted by Gasteiger charge is 2.27. The molecule has 22 heavy (non-hydrogen) atoms. The van der Waals surface area contributed by atoms with Crippen LogP contribution in [0.1, 0.15) is 12.0 Å². The normalized spacial score (nSPS) is 18.0. The van der Waals surface area contributed by atoms with Crippen LogP contribution in [0.4, 0.5) is 5.69 Å². The Morgan fingerprint density at radius 2 is 2.14 bits per heavy atom. The number of anilines is 1. The number of amides is 1. The largest absolute Gasteiger partial charge is 0.481 e. The Labute approximate surface area is 132 Å². The Morgan fingerprint density at radius 1 is 1.45 bits per heavy atom. The summed E-state index contributed by atoms with van der Waals surface area (Å²) in [5, 5.41) is 12.2. The summed E-state index contributed by atoms with van der Waals surface area (Å²) >= 11 is 1.05. The van der Waals surface area contributed by atoms with Crippen LogP contribution in [0.15, 0.2) is 34.4 Å². The molecule has 116 valence electrons. The second-order valence-electron chi connectivity index (χ2n) is 4.82. The molecule has 0 aliphatic carbocycles. The molecule has 0 radical (unpaired) electrons. The molecule has 0 fully saturated rings. The summed E-state index contributed by atoms with van der Waals surface area (Å²) in [4.78, 5) is 28.4. The zero-order valence-corrected chi connectivity index (χ0v) is 13.0. The van der Waals surface area contributed by atoms with Gasteiger partial charge in [0.2, 0.25) is 5.17 Å². The van der Waals surface area contributed by atoms with E-state index in [9.17, 15) is 9.59 Å². The van der Waals surface area contributed by atoms with Gasteiger partial charge in [-0.3, -0.25) is 9.59 Å². The molecular weight excluding hydrogens is 304 g/mol. The summed E-state index contributed by atoms with van der Waals surface area (Å²) < 4.78 is 0. The number of hydrogen-bond acceptors (Lipinski definition) is 6. The van der Waals surface area contributed by atoms with E-state index in [1.807, 2.05) is 43.3 Å². The first-order valence-corrected chi connectivity index (χ1v) is 7.41. The topological polar surface area (TPSA) is 94.4 Å². The molecule has 0 spiro atoms. The number of thioether (sulfide) groups is 1. The number of nitrogens with zero attached hydrogens (tertiary/aromatic N) is 3. The number of carboxylic acid groups (broad SMARTS) is 1. The maximum absolute atomic E-state index is 11.5. The van der Waals surface area contributed by atoms with Crippen molar-refractivity contribution < 1.29 is 14.7 Å². The summed E-state index contributed by atoms with van der Waals surface area (Å²) in [5.74, 6) is -1.45. The summed E-state index contributed by atoms with van der Waals surface area (Å²) in [7, 11) is 3.92. The quantitative estimate of drug-likeness (QED) is 0.812. The van der Waals surface area contributed by atoms with E-state index in [-0.39, 0.29) is 6.42 Å². The molecule has 1 aromatic carbocycles. The number of hydrogen-bond donors (Lipinski definition) is 2. The Hall–Kier alpha value is -2.35. The van der Waals surface area contributed by atoms with Crippen molar-refractivity contribution >= 4 is 40.7 Å². The predicted octanol–water partition coefficient (Wildman–Crippen LogP) is 1.15. The van der Waals surface area contributed by atoms with Crippen molar-refractivity contribution in [1.82, 2.24) is 5.43 Å². The van der Waals surface area contributed by atoms with E-state index >= 15 is 0 Å². The number of carbonyl (C=O) groups excluding carboxylic acids is 1. The fourth-order valence-corrected chi connectivity index (χ4v) is 2.57. The number of carbonyl (C=O) groups is 2. The fourth-order valence-electron chi connectivity index (χ4n) is 1.72. The van der Waals surface area contributed by atoms with E-state index in [2.05, 4.69) is 15.5 Å². The Kier molecular flexibility index (Phi) is 5.16. The number of nitrogens with one attached hydrogen (secondary N) is 1. The van der Waals surface area contributed by atoms with Crippen molar-refractivity contribution in [3.8, 4) is 0 Å². The van der Waals surface area contributed by atoms with Gasteiger partial charge in [-0.2, -0.15) is 0 Å². The third-order valence-electron chi connectivity index (χ3n) is 2.90. The lowest BCUT2D eigenvalue weighted by molar-refractivity contribution is -0.138. The molecule has 1 aromatic rings. The van der Waals surface area contributed by atoms with Gasteiger partial charge in [-0.05, 0) is 17.7 Å². The molecule has 1 aliphatic heterocycles. The number of hydrazone groups is 1. The standard InChI is InChI=1S/C14H16N4O3S/c1-18(2)10-5-3-9(4-6-10)8-15-14-17-16-13(21)11(22-14)7-12(19)20/h3-6,8,11H,7H2,1-2H3,(H,16,21)(H,19,20). The summed E-state index contributed by atoms with van der Waals surface area (Å²) in [6, 6.07) is 7.76. The molecule has 7 nitrogen and oxygen atoms in total. The van der Waals surface area contributed by atoms with Gasteiger partial charge in [0.25, 0.3) is 5.91 Å². The maximum atomic E-state index is 11.5. The molecule has 1 amide bonds. The molecule has 1 unspecified atom stereocenters. The second kappa shape index (κ2) is 7.08. The highest BCUT2D eigenvalue weighted by Crippen LogP contribution is 2.21. The third kappa shape index (κ3) is 4.32. The van der Waals surface area contributed by atoms with Crippen molar-refractivity contribution in [2.24, 2.45) is 10.1 Å². The molecule has 0 saturated heterocycles. The lowest BCUT2D eigenvalue weighted by Crippen LogP contribution is -2.35. The number of rotatable bonds is 4. The molecular formula is C14H16N4O3S. The van der Waals surface area contributed by atoms with Crippen molar-refractivity contribution in [1.29, 1.82) is 0 Å². The molecule has 1 aliphatic rings. The van der Waals surface area contributed by atoms with Crippen molar-refractivity contribution in [2.45, 2.75) is 11.7 Å². The molecule has 2 rings (SSSR count). The molecule has 0 saturated carbocycles. The van der Waals surface area contributed by atoms with E-state index in [0.717, 1.165) is 23.0 Å². The first-order chi connectivity index (χ1) is 10.5. The van der Waals surface area contributed by atoms with Gasteiger partial charge in [0.15, 0.2) is 0 Å². The van der Waals surface area contributed by atoms with E-state index in [1.54, 1.807) is 6.21 Å². The Morgan fingerprint density at radius 3 is 2.73 bits per heavy atom. The lowest BCUT2D eigenvalue weighted by atomic mass is 10.2. The smallest absolute Gasteiger partial charge is 0.305 e. The fraction of sp³-hybridized carbons (Fsp3) is 0.286. The lowest BCUT2D eigenvalue weighted by Gasteiger charge is -2.16. The van der Waals surface area contributed by atoms with Gasteiger partial charge in [0, 0.05) is 26.0 Å². The summed E-state index contributed by atoms with van der Waals surface area (Å²) in [5.41, 5.74) is 4.26. The number of carboxylic acids is 1. The molecule has 0 aromatic heterocycles. The predicted molar refractivity (Wildman–Crippen MR) is 87.6 cm³/mol. The minimum atomic E-state index is -1.03. The zero-order chi connectivity index (χ0) is 16.1. The maximum Gasteiger partial charge on any atom is 0.305 e. The van der Waals surface area contributed by atoms with E-state index in [4.69, 9.17) is 5.11 Å². The third-order valence-corrected chi connectivity index (χ3v) is 3.97. The molecule has 1 heterocycles. The highest BCUT2D eigenvalue weighted by atomic mass is 32.2. The monoisotopic (exact) mass is 320 g/mol. The highest BCUT2D eigenvalue weighted by molar-refractivity contribution is 8.15. The average molecular weight is 320 g/mol. The Bertz CT molecular complexity index is 625. The summed E-state index contributed by atoms with van der Waals surface area (Å²) in [6.07, 6.45) is 1.36. The van der Waals surface area contributed by atoms with Crippen LogP contribution >= 0.6 is 11.8 Å². The van der Waals surface area contributed by atoms with Crippen LogP contribution in [0.3, 0.4) is 0 Å². The molecule has 8 heteroatoms. The van der Waals surface area contributed by atoms with Gasteiger partial charge in [-0.25, -0.2) is 10.4 Å². The van der Waals surface area contributed by atoms with E-state index in [0.29, 0.717) is 5.17 Å². The number of amidine groups is 1. The average Bonchev–Trinajstić information content (AvgIpc) is 2.48. The number of aliphatic imine (C=N–C) groups is 1. The number of benzene rings is 1. The zero-order valence-electron chi connectivity index (χ0n) is 12.2.